The van der Waals surface area contributed by atoms with Crippen LogP contribution in [0.4, 0.5) is 23.2 Å². The van der Waals surface area contributed by atoms with Crippen molar-refractivity contribution in [1.29, 1.82) is 0 Å². The van der Waals surface area contributed by atoms with Crippen LogP contribution in [0.2, 0.25) is 0 Å². The van der Waals surface area contributed by atoms with Crippen molar-refractivity contribution in [2.75, 3.05) is 5.32 Å². The average molecular weight is 561 g/mol. The summed E-state index contributed by atoms with van der Waals surface area (Å²) in [6.07, 6.45) is -3.22. The lowest BCUT2D eigenvalue weighted by atomic mass is 10.0. The number of anilines is 1. The van der Waals surface area contributed by atoms with Crippen LogP contribution in [-0.2, 0) is 6.54 Å². The van der Waals surface area contributed by atoms with Crippen molar-refractivity contribution in [3.8, 4) is 11.1 Å². The Balaban J connectivity index is 1.72. The van der Waals surface area contributed by atoms with Crippen LogP contribution in [-0.4, -0.2) is 41.2 Å². The number of nitrogens with zero attached hydrogens (tertiary/aromatic N) is 6. The summed E-state index contributed by atoms with van der Waals surface area (Å²) in [5.74, 6) is -1.75. The molecule has 0 aliphatic carbocycles. The number of thiophene rings is 1. The molecule has 5 rings (SSSR count). The Morgan fingerprint density at radius 1 is 1.05 bits per heavy atom. The minimum Gasteiger partial charge on any atom is -0.365 e. The van der Waals surface area contributed by atoms with E-state index < -0.39 is 36.1 Å². The van der Waals surface area contributed by atoms with Crippen LogP contribution in [0.25, 0.3) is 27.0 Å². The van der Waals surface area contributed by atoms with Crippen molar-refractivity contribution in [3.05, 3.63) is 57.7 Å². The summed E-state index contributed by atoms with van der Waals surface area (Å²) in [6, 6.07) is 2.33. The normalized spacial score (nSPS) is 11.8. The lowest BCUT2D eigenvalue weighted by Crippen LogP contribution is -2.17. The van der Waals surface area contributed by atoms with Gasteiger partial charge in [0.05, 0.1) is 18.1 Å². The van der Waals surface area contributed by atoms with E-state index in [4.69, 9.17) is 5.73 Å². The molecule has 5 aromatic heterocycles. The van der Waals surface area contributed by atoms with E-state index >= 15 is 0 Å². The average Bonchev–Trinajstić information content (AvgIpc) is 3.57. The Hall–Kier alpha value is -4.40. The largest absolute Gasteiger partial charge is 0.365 e. The standard InChI is InChI=1S/C24H20F4N8O2S/c1-4-35-10(3)12(7-30-35)11-6-14(19(25)26)33-24-16(11)17(18(39-24)21(29)37)34-23(38)13-8-31-36-15(20(27)28)5-9(2)32-22(13)36/h5-8,19-20H,4H2,1-3H3,(H2,29,37)(H,34,38). The lowest BCUT2D eigenvalue weighted by Gasteiger charge is -2.11. The molecule has 0 aliphatic rings. The molecule has 0 bridgehead atoms. The Kier molecular flexibility index (Phi) is 6.54. The minimum absolute atomic E-state index is 0.0457. The van der Waals surface area contributed by atoms with Crippen molar-refractivity contribution in [2.24, 2.45) is 5.73 Å². The van der Waals surface area contributed by atoms with Crippen LogP contribution < -0.4 is 11.1 Å². The third kappa shape index (κ3) is 4.37. The molecule has 202 valence electrons. The Labute approximate surface area is 221 Å². The maximum absolute atomic E-state index is 13.8. The number of aromatic nitrogens is 6. The quantitative estimate of drug-likeness (QED) is 0.267. The van der Waals surface area contributed by atoms with E-state index in [9.17, 15) is 27.2 Å². The summed E-state index contributed by atoms with van der Waals surface area (Å²) in [7, 11) is 0. The van der Waals surface area contributed by atoms with Crippen LogP contribution in [0.15, 0.2) is 24.5 Å². The van der Waals surface area contributed by atoms with Gasteiger partial charge >= 0.3 is 0 Å². The first-order valence-electron chi connectivity index (χ1n) is 11.5. The second-order valence-electron chi connectivity index (χ2n) is 8.58. The van der Waals surface area contributed by atoms with Crippen LogP contribution in [0.1, 0.15) is 62.6 Å². The van der Waals surface area contributed by atoms with Gasteiger partial charge in [-0.3, -0.25) is 14.3 Å². The van der Waals surface area contributed by atoms with E-state index in [1.165, 1.54) is 19.2 Å². The van der Waals surface area contributed by atoms with Gasteiger partial charge in [0.15, 0.2) is 5.65 Å². The molecule has 0 aliphatic heterocycles. The minimum atomic E-state index is -2.91. The van der Waals surface area contributed by atoms with Crippen LogP contribution >= 0.6 is 11.3 Å². The lowest BCUT2D eigenvalue weighted by molar-refractivity contribution is 0.100. The summed E-state index contributed by atoms with van der Waals surface area (Å²) in [5.41, 5.74) is 5.94. The smallest absolute Gasteiger partial charge is 0.280 e. The molecule has 15 heteroatoms. The predicted octanol–water partition coefficient (Wildman–Crippen LogP) is 5.07. The molecule has 10 nitrogen and oxygen atoms in total. The predicted molar refractivity (Wildman–Crippen MR) is 135 cm³/mol. The monoisotopic (exact) mass is 560 g/mol. The van der Waals surface area contributed by atoms with Gasteiger partial charge in [-0.1, -0.05) is 0 Å². The second kappa shape index (κ2) is 9.72. The Morgan fingerprint density at radius 3 is 2.41 bits per heavy atom. The highest BCUT2D eigenvalue weighted by molar-refractivity contribution is 7.21. The number of aryl methyl sites for hydroxylation is 2. The maximum atomic E-state index is 13.8. The summed E-state index contributed by atoms with van der Waals surface area (Å²) < 4.78 is 57.2. The highest BCUT2D eigenvalue weighted by Gasteiger charge is 2.28. The van der Waals surface area contributed by atoms with E-state index in [-0.39, 0.29) is 43.2 Å². The zero-order chi connectivity index (χ0) is 28.2. The highest BCUT2D eigenvalue weighted by Crippen LogP contribution is 2.43. The molecule has 0 radical (unpaired) electrons. The molecule has 0 spiro atoms. The number of carbonyl (C=O) groups is 2. The van der Waals surface area contributed by atoms with Crippen molar-refractivity contribution in [2.45, 2.75) is 40.2 Å². The van der Waals surface area contributed by atoms with E-state index in [1.807, 2.05) is 6.92 Å². The summed E-state index contributed by atoms with van der Waals surface area (Å²) in [6.45, 7) is 5.63. The topological polar surface area (TPSA) is 133 Å². The number of fused-ring (bicyclic) bond motifs is 2. The fourth-order valence-corrected chi connectivity index (χ4v) is 5.39. The molecule has 5 heterocycles. The number of hydrogen-bond donors (Lipinski definition) is 2. The van der Waals surface area contributed by atoms with E-state index in [2.05, 4.69) is 25.5 Å². The number of pyridine rings is 1. The summed E-state index contributed by atoms with van der Waals surface area (Å²) in [5, 5.41) is 11.0. The fourth-order valence-electron chi connectivity index (χ4n) is 4.37. The van der Waals surface area contributed by atoms with Gasteiger partial charge < -0.3 is 11.1 Å². The number of primary amides is 1. The van der Waals surface area contributed by atoms with Gasteiger partial charge in [-0.05, 0) is 38.5 Å². The van der Waals surface area contributed by atoms with Crippen molar-refractivity contribution >= 4 is 44.7 Å². The number of nitrogens with two attached hydrogens (primary N) is 1. The third-order valence-corrected chi connectivity index (χ3v) is 7.25. The molecule has 0 saturated heterocycles. The van der Waals surface area contributed by atoms with Crippen molar-refractivity contribution < 1.29 is 27.2 Å². The van der Waals surface area contributed by atoms with E-state index in [1.54, 1.807) is 11.6 Å². The van der Waals surface area contributed by atoms with Gasteiger partial charge in [0.2, 0.25) is 0 Å². The number of amides is 2. The van der Waals surface area contributed by atoms with Crippen molar-refractivity contribution in [3.63, 3.8) is 0 Å². The number of nitrogens with one attached hydrogen (secondary N) is 1. The SMILES string of the molecule is CCn1ncc(-c2cc(C(F)F)nc3sc(C(N)=O)c(NC(=O)c4cnn5c(C(F)F)cc(C)nc45)c23)c1C. The Bertz CT molecular complexity index is 1780. The number of carbonyl (C=O) groups excluding carboxylic acids is 2. The molecular formula is C24H20F4N8O2S. The molecule has 0 fully saturated rings. The van der Waals surface area contributed by atoms with Gasteiger partial charge in [-0.2, -0.15) is 10.2 Å². The summed E-state index contributed by atoms with van der Waals surface area (Å²) >= 11 is 0.746. The van der Waals surface area contributed by atoms with Crippen LogP contribution in [0, 0.1) is 13.8 Å². The number of rotatable bonds is 7. The van der Waals surface area contributed by atoms with Gasteiger partial charge in [-0.15, -0.1) is 11.3 Å². The first kappa shape index (κ1) is 26.2. The van der Waals surface area contributed by atoms with E-state index in [0.717, 1.165) is 28.1 Å². The molecule has 0 atom stereocenters. The van der Waals surface area contributed by atoms with Gasteiger partial charge in [0.1, 0.15) is 26.7 Å². The van der Waals surface area contributed by atoms with Crippen molar-refractivity contribution in [1.82, 2.24) is 29.4 Å². The third-order valence-electron chi connectivity index (χ3n) is 6.16. The highest BCUT2D eigenvalue weighted by atomic mass is 32.1. The molecule has 5 aromatic rings. The van der Waals surface area contributed by atoms with Gasteiger partial charge in [0, 0.05) is 28.9 Å². The zero-order valence-corrected chi connectivity index (χ0v) is 21.5. The first-order valence-corrected chi connectivity index (χ1v) is 12.4. The Morgan fingerprint density at radius 2 is 1.79 bits per heavy atom. The first-order chi connectivity index (χ1) is 18.5. The van der Waals surface area contributed by atoms with Gasteiger partial charge in [-0.25, -0.2) is 32.0 Å². The molecule has 39 heavy (non-hydrogen) atoms. The molecule has 0 saturated carbocycles. The molecule has 0 unspecified atom stereocenters. The maximum Gasteiger partial charge on any atom is 0.280 e. The molecular weight excluding hydrogens is 540 g/mol. The second-order valence-corrected chi connectivity index (χ2v) is 9.58. The van der Waals surface area contributed by atoms with E-state index in [0.29, 0.717) is 17.8 Å². The summed E-state index contributed by atoms with van der Waals surface area (Å²) in [4.78, 5) is 33.9. The number of halogens is 4. The number of alkyl halides is 4. The zero-order valence-electron chi connectivity index (χ0n) is 20.7. The van der Waals surface area contributed by atoms with Gasteiger partial charge in [0.25, 0.3) is 24.7 Å². The van der Waals surface area contributed by atoms with Crippen LogP contribution in [0.3, 0.4) is 0 Å². The van der Waals surface area contributed by atoms with Crippen LogP contribution in [0.5, 0.6) is 0 Å². The fraction of sp³-hybridized carbons (Fsp3) is 0.250. The molecule has 2 amide bonds. The molecule has 3 N–H and O–H groups in total. The molecule has 0 aromatic carbocycles. The number of hydrogen-bond acceptors (Lipinski definition) is 7.